The smallest absolute Gasteiger partial charge is 0.287 e. The van der Waals surface area contributed by atoms with Crippen LogP contribution in [-0.2, 0) is 5.54 Å². The molecule has 0 radical (unpaired) electrons. The van der Waals surface area contributed by atoms with E-state index >= 15 is 0 Å². The molecule has 0 bridgehead atoms. The maximum atomic E-state index is 14.3. The van der Waals surface area contributed by atoms with Gasteiger partial charge in [-0.2, -0.15) is 0 Å². The van der Waals surface area contributed by atoms with Gasteiger partial charge in [0, 0.05) is 33.2 Å². The molecule has 4 aliphatic rings. The first-order valence-corrected chi connectivity index (χ1v) is 16.4. The van der Waals surface area contributed by atoms with Crippen molar-refractivity contribution in [3.63, 3.8) is 0 Å². The number of rotatable bonds is 2. The molecule has 218 valence electrons. The van der Waals surface area contributed by atoms with Crippen LogP contribution in [0.4, 0.5) is 0 Å². The summed E-state index contributed by atoms with van der Waals surface area (Å²) in [6.07, 6.45) is -0.839. The van der Waals surface area contributed by atoms with Gasteiger partial charge in [0.2, 0.25) is 0 Å². The maximum absolute atomic E-state index is 14.3. The number of para-hydroxylation sites is 3. The van der Waals surface area contributed by atoms with Crippen molar-refractivity contribution in [2.75, 3.05) is 11.6 Å². The lowest BCUT2D eigenvalue weighted by molar-refractivity contribution is -0.590. The molecular formula is C37H26N4O3S. The minimum Gasteiger partial charge on any atom is -0.478 e. The number of nitro groups is 1. The van der Waals surface area contributed by atoms with E-state index in [1.807, 2.05) is 84.9 Å². The van der Waals surface area contributed by atoms with Crippen molar-refractivity contribution in [2.45, 2.75) is 29.1 Å². The van der Waals surface area contributed by atoms with Crippen molar-refractivity contribution in [1.29, 1.82) is 0 Å². The predicted octanol–water partition coefficient (Wildman–Crippen LogP) is 7.33. The molecule has 2 saturated heterocycles. The molecule has 4 heterocycles. The van der Waals surface area contributed by atoms with Crippen LogP contribution in [0.2, 0.25) is 0 Å². The summed E-state index contributed by atoms with van der Waals surface area (Å²) >= 11 is 1.75. The number of benzene rings is 5. The van der Waals surface area contributed by atoms with E-state index in [4.69, 9.17) is 14.7 Å². The third-order valence-corrected chi connectivity index (χ3v) is 11.6. The van der Waals surface area contributed by atoms with Crippen molar-refractivity contribution in [2.24, 2.45) is 0 Å². The van der Waals surface area contributed by atoms with Gasteiger partial charge in [-0.15, -0.1) is 11.8 Å². The first-order valence-electron chi connectivity index (χ1n) is 15.2. The number of aromatic nitrogens is 2. The lowest BCUT2D eigenvalue weighted by Gasteiger charge is -2.45. The number of nitrogens with zero attached hydrogens (tertiary/aromatic N) is 4. The zero-order valence-corrected chi connectivity index (χ0v) is 24.9. The molecule has 0 saturated carbocycles. The van der Waals surface area contributed by atoms with Gasteiger partial charge >= 0.3 is 0 Å². The molecule has 1 aromatic heterocycles. The Morgan fingerprint density at radius 1 is 0.822 bits per heavy atom. The number of ether oxygens (including phenoxy) is 1. The van der Waals surface area contributed by atoms with Crippen molar-refractivity contribution in [1.82, 2.24) is 14.9 Å². The largest absolute Gasteiger partial charge is 0.478 e. The highest BCUT2D eigenvalue weighted by molar-refractivity contribution is 7.99. The number of hydrogen-bond acceptors (Lipinski definition) is 7. The molecular weight excluding hydrogens is 580 g/mol. The molecule has 10 rings (SSSR count). The van der Waals surface area contributed by atoms with Gasteiger partial charge in [-0.1, -0.05) is 97.1 Å². The Balaban J connectivity index is 1.37. The summed E-state index contributed by atoms with van der Waals surface area (Å²) in [4.78, 5) is 27.3. The van der Waals surface area contributed by atoms with E-state index in [1.165, 1.54) is 0 Å². The van der Waals surface area contributed by atoms with Crippen molar-refractivity contribution in [3.8, 4) is 17.0 Å². The van der Waals surface area contributed by atoms with Gasteiger partial charge in [0.15, 0.2) is 6.10 Å². The van der Waals surface area contributed by atoms with Crippen LogP contribution in [0.25, 0.3) is 33.1 Å². The first-order chi connectivity index (χ1) is 22.1. The van der Waals surface area contributed by atoms with E-state index in [9.17, 15) is 10.1 Å². The average Bonchev–Trinajstić information content (AvgIpc) is 3.75. The van der Waals surface area contributed by atoms with E-state index in [2.05, 4.69) is 35.2 Å². The van der Waals surface area contributed by atoms with Crippen LogP contribution in [0.3, 0.4) is 0 Å². The molecule has 7 nitrogen and oxygen atoms in total. The molecule has 5 atom stereocenters. The Kier molecular flexibility index (Phi) is 5.05. The summed E-state index contributed by atoms with van der Waals surface area (Å²) in [5, 5.41) is 16.3. The van der Waals surface area contributed by atoms with E-state index in [0.29, 0.717) is 17.4 Å². The quantitative estimate of drug-likeness (QED) is 0.151. The van der Waals surface area contributed by atoms with Crippen LogP contribution in [0, 0.1) is 10.1 Å². The molecule has 0 amide bonds. The normalized spacial score (nSPS) is 27.5. The molecule has 45 heavy (non-hydrogen) atoms. The molecule has 8 heteroatoms. The van der Waals surface area contributed by atoms with Crippen LogP contribution in [0.5, 0.6) is 5.75 Å². The fourth-order valence-corrected chi connectivity index (χ4v) is 10.4. The Morgan fingerprint density at radius 3 is 2.42 bits per heavy atom. The Morgan fingerprint density at radius 2 is 1.53 bits per heavy atom. The van der Waals surface area contributed by atoms with Crippen LogP contribution in [0.1, 0.15) is 34.4 Å². The van der Waals surface area contributed by atoms with E-state index in [1.54, 1.807) is 11.8 Å². The first kappa shape index (κ1) is 25.5. The van der Waals surface area contributed by atoms with Gasteiger partial charge in [-0.25, -0.2) is 9.97 Å². The lowest BCUT2D eigenvalue weighted by Crippen LogP contribution is -2.59. The molecule has 1 spiro atoms. The van der Waals surface area contributed by atoms with Crippen LogP contribution < -0.4 is 4.74 Å². The minimum absolute atomic E-state index is 0.00737. The molecule has 1 aliphatic carbocycles. The third kappa shape index (κ3) is 2.97. The van der Waals surface area contributed by atoms with Gasteiger partial charge in [-0.05, 0) is 34.5 Å². The number of fused-ring (bicyclic) bond motifs is 14. The number of thioether (sulfide) groups is 1. The van der Waals surface area contributed by atoms with Crippen molar-refractivity contribution >= 4 is 33.6 Å². The summed E-state index contributed by atoms with van der Waals surface area (Å²) in [7, 11) is 0. The predicted molar refractivity (Wildman–Crippen MR) is 175 cm³/mol. The van der Waals surface area contributed by atoms with E-state index in [0.717, 1.165) is 55.4 Å². The van der Waals surface area contributed by atoms with Crippen molar-refractivity contribution in [3.05, 3.63) is 148 Å². The van der Waals surface area contributed by atoms with Gasteiger partial charge in [0.25, 0.3) is 5.54 Å². The second-order valence-electron chi connectivity index (χ2n) is 12.4. The highest BCUT2D eigenvalue weighted by Crippen LogP contribution is 2.72. The lowest BCUT2D eigenvalue weighted by atomic mass is 9.62. The zero-order chi connectivity index (χ0) is 29.9. The van der Waals surface area contributed by atoms with Crippen LogP contribution in [0.15, 0.2) is 115 Å². The topological polar surface area (TPSA) is 81.4 Å². The Labute approximate surface area is 263 Å². The summed E-state index contributed by atoms with van der Waals surface area (Å²) in [6.45, 7) is 0. The van der Waals surface area contributed by atoms with E-state index < -0.39 is 29.1 Å². The fourth-order valence-electron chi connectivity index (χ4n) is 9.01. The fraction of sp³-hybridized carbons (Fsp3) is 0.189. The summed E-state index contributed by atoms with van der Waals surface area (Å²) in [6, 6.07) is 37.9. The van der Waals surface area contributed by atoms with Crippen LogP contribution >= 0.6 is 11.8 Å². The highest BCUT2D eigenvalue weighted by Gasteiger charge is 2.83. The molecule has 0 N–H and O–H groups in total. The standard InChI is InChI=1S/C37H26N4O3S/c42-41(43)37-31-20-45-21-40(31)36(27-16-5-3-13-25(27)32-34(36)39-29-18-7-6-17-28(29)38-32)33(37)26-14-4-8-19-30(26)44-35(37)24-15-9-11-22-10-1-2-12-23(22)24/h1-19,31,33,35H,20-21H2/t31-,33+,35+,36+,37+/m0/s1. The van der Waals surface area contributed by atoms with Gasteiger partial charge in [0.05, 0.1) is 34.4 Å². The summed E-state index contributed by atoms with van der Waals surface area (Å²) in [5.74, 6) is 1.34. The van der Waals surface area contributed by atoms with Gasteiger partial charge in [0.1, 0.15) is 11.3 Å². The SMILES string of the molecule is O=[N+]([O-])[C@@]12[C@@H](c3cccc4ccccc34)Oc3ccccc3[C@@H]1[C@@]1(c3ccccc3-c3nc4ccccc4nc31)N1CSC[C@H]12. The molecule has 6 aromatic rings. The van der Waals surface area contributed by atoms with Gasteiger partial charge < -0.3 is 4.74 Å². The molecule has 3 aliphatic heterocycles. The monoisotopic (exact) mass is 606 g/mol. The Hall–Kier alpha value is -4.79. The average molecular weight is 607 g/mol. The zero-order valence-electron chi connectivity index (χ0n) is 24.0. The molecule has 0 unspecified atom stereocenters. The highest BCUT2D eigenvalue weighted by atomic mass is 32.2. The summed E-state index contributed by atoms with van der Waals surface area (Å²) in [5.41, 5.74) is 4.48. The van der Waals surface area contributed by atoms with Crippen LogP contribution in [-0.4, -0.2) is 43.0 Å². The maximum Gasteiger partial charge on any atom is 0.287 e. The second-order valence-corrected chi connectivity index (χ2v) is 13.4. The number of hydrogen-bond donors (Lipinski definition) is 0. The van der Waals surface area contributed by atoms with Gasteiger partial charge in [-0.3, -0.25) is 15.0 Å². The Bertz CT molecular complexity index is 2240. The van der Waals surface area contributed by atoms with Crippen molar-refractivity contribution < 1.29 is 9.66 Å². The summed E-state index contributed by atoms with van der Waals surface area (Å²) < 4.78 is 6.95. The minimum atomic E-state index is -1.52. The molecule has 2 fully saturated rings. The third-order valence-electron chi connectivity index (χ3n) is 10.6. The second kappa shape index (κ2) is 8.90. The van der Waals surface area contributed by atoms with E-state index in [-0.39, 0.29) is 4.92 Å². The molecule has 5 aromatic carbocycles.